The largest absolute Gasteiger partial charge is 0.507 e. The average molecular weight is 303 g/mol. The van der Waals surface area contributed by atoms with Crippen molar-refractivity contribution in [3.63, 3.8) is 0 Å². The van der Waals surface area contributed by atoms with Crippen LogP contribution >= 0.6 is 23.4 Å². The summed E-state index contributed by atoms with van der Waals surface area (Å²) in [6, 6.07) is 2.40. The van der Waals surface area contributed by atoms with Gasteiger partial charge in [0.05, 0.1) is 17.7 Å². The summed E-state index contributed by atoms with van der Waals surface area (Å²) in [4.78, 5) is 23.4. The van der Waals surface area contributed by atoms with Crippen LogP contribution in [0, 0.1) is 5.82 Å². The van der Waals surface area contributed by atoms with Gasteiger partial charge < -0.3 is 9.84 Å². The van der Waals surface area contributed by atoms with E-state index in [0.717, 1.165) is 13.2 Å². The summed E-state index contributed by atoms with van der Waals surface area (Å²) in [5, 5.41) is 9.91. The van der Waals surface area contributed by atoms with Crippen molar-refractivity contribution in [2.24, 2.45) is 0 Å². The Morgan fingerprint density at radius 2 is 2.16 bits per heavy atom. The fourth-order valence-corrected chi connectivity index (χ4v) is 2.91. The highest BCUT2D eigenvalue weighted by Gasteiger charge is 2.29. The van der Waals surface area contributed by atoms with E-state index >= 15 is 0 Å². The lowest BCUT2D eigenvalue weighted by Crippen LogP contribution is -2.22. The normalized spacial score (nSPS) is 14.1. The Balaban J connectivity index is 2.51. The monoisotopic (exact) mass is 302 g/mol. The van der Waals surface area contributed by atoms with E-state index in [9.17, 15) is 19.1 Å². The zero-order chi connectivity index (χ0) is 14.2. The van der Waals surface area contributed by atoms with Crippen molar-refractivity contribution in [3.05, 3.63) is 34.1 Å². The van der Waals surface area contributed by atoms with Crippen molar-refractivity contribution in [2.75, 3.05) is 12.9 Å². The molecule has 0 aromatic heterocycles. The number of ether oxygens (including phenoxy) is 1. The van der Waals surface area contributed by atoms with Crippen LogP contribution in [-0.2, 0) is 14.3 Å². The smallest absolute Gasteiger partial charge is 0.379 e. The van der Waals surface area contributed by atoms with Crippen LogP contribution < -0.4 is 0 Å². The molecule has 2 rings (SSSR count). The number of benzene rings is 1. The van der Waals surface area contributed by atoms with E-state index in [1.54, 1.807) is 0 Å². The third-order valence-corrected chi connectivity index (χ3v) is 3.95. The van der Waals surface area contributed by atoms with Crippen molar-refractivity contribution < 1.29 is 23.8 Å². The highest BCUT2D eigenvalue weighted by atomic mass is 35.5. The first-order valence-electron chi connectivity index (χ1n) is 5.12. The van der Waals surface area contributed by atoms with Gasteiger partial charge in [-0.3, -0.25) is 4.79 Å². The molecule has 7 heteroatoms. The maximum Gasteiger partial charge on any atom is 0.379 e. The molecule has 0 saturated carbocycles. The Labute approximate surface area is 117 Å². The summed E-state index contributed by atoms with van der Waals surface area (Å²) < 4.78 is 17.7. The van der Waals surface area contributed by atoms with Gasteiger partial charge in [0.25, 0.3) is 5.78 Å². The van der Waals surface area contributed by atoms with Crippen LogP contribution in [0.1, 0.15) is 5.56 Å². The molecule has 0 aliphatic carbocycles. The standard InChI is InChI=1S/C12H8ClFO4S/c1-18-12(17)11(16)6-4-19-9-3-7(13)8(14)2-5(9)10(6)15/h2-3,15H,4H2,1H3. The molecule has 0 radical (unpaired) electrons. The maximum absolute atomic E-state index is 13.4. The van der Waals surface area contributed by atoms with Gasteiger partial charge in [0, 0.05) is 16.2 Å². The quantitative estimate of drug-likeness (QED) is 0.672. The number of fused-ring (bicyclic) bond motifs is 1. The average Bonchev–Trinajstić information content (AvgIpc) is 2.40. The topological polar surface area (TPSA) is 63.6 Å². The first-order chi connectivity index (χ1) is 8.95. The highest BCUT2D eigenvalue weighted by molar-refractivity contribution is 7.99. The Bertz CT molecular complexity index is 612. The van der Waals surface area contributed by atoms with Crippen LogP contribution in [0.2, 0.25) is 5.02 Å². The molecule has 0 amide bonds. The minimum Gasteiger partial charge on any atom is -0.507 e. The Kier molecular flexibility index (Phi) is 3.82. The molecule has 1 aliphatic heterocycles. The minimum absolute atomic E-state index is 0.0678. The lowest BCUT2D eigenvalue weighted by atomic mass is 10.1. The second kappa shape index (κ2) is 5.22. The number of carbonyl (C=O) groups is 2. The van der Waals surface area contributed by atoms with Crippen LogP contribution in [-0.4, -0.2) is 29.7 Å². The van der Waals surface area contributed by atoms with Crippen LogP contribution in [0.3, 0.4) is 0 Å². The SMILES string of the molecule is COC(=O)C(=O)C1=C(O)c2cc(F)c(Cl)cc2SC1. The molecule has 1 aromatic carbocycles. The third kappa shape index (κ3) is 2.46. The van der Waals surface area contributed by atoms with Gasteiger partial charge in [-0.2, -0.15) is 0 Å². The number of ketones is 1. The van der Waals surface area contributed by atoms with Gasteiger partial charge in [0.1, 0.15) is 11.6 Å². The Hall–Kier alpha value is -1.53. The number of rotatable bonds is 2. The summed E-state index contributed by atoms with van der Waals surface area (Å²) in [5.74, 6) is -3.04. The third-order valence-electron chi connectivity index (χ3n) is 2.58. The zero-order valence-corrected chi connectivity index (χ0v) is 11.3. The number of aliphatic hydroxyl groups is 1. The van der Waals surface area contributed by atoms with E-state index in [1.807, 2.05) is 0 Å². The van der Waals surface area contributed by atoms with Gasteiger partial charge in [0.2, 0.25) is 0 Å². The molecule has 0 bridgehead atoms. The first-order valence-corrected chi connectivity index (χ1v) is 6.49. The number of carbonyl (C=O) groups excluding carboxylic acids is 2. The molecule has 1 aromatic rings. The number of hydrogen-bond donors (Lipinski definition) is 1. The number of Topliss-reactive ketones (excluding diaryl/α,β-unsaturated/α-hetero) is 1. The molecule has 100 valence electrons. The molecule has 1 aliphatic rings. The second-order valence-corrected chi connectivity index (χ2v) is 5.12. The molecule has 0 saturated heterocycles. The highest BCUT2D eigenvalue weighted by Crippen LogP contribution is 2.38. The molecule has 0 unspecified atom stereocenters. The number of hydrogen-bond acceptors (Lipinski definition) is 5. The number of halogens is 2. The van der Waals surface area contributed by atoms with Crippen LogP contribution in [0.15, 0.2) is 22.6 Å². The van der Waals surface area contributed by atoms with Gasteiger partial charge in [-0.25, -0.2) is 9.18 Å². The Morgan fingerprint density at radius 3 is 2.79 bits per heavy atom. The molecule has 0 spiro atoms. The molecule has 1 N–H and O–H groups in total. The van der Waals surface area contributed by atoms with E-state index in [2.05, 4.69) is 4.74 Å². The van der Waals surface area contributed by atoms with Crippen molar-refractivity contribution in [3.8, 4) is 0 Å². The fourth-order valence-electron chi connectivity index (χ4n) is 1.60. The van der Waals surface area contributed by atoms with E-state index in [-0.39, 0.29) is 21.9 Å². The predicted molar refractivity (Wildman–Crippen MR) is 68.7 cm³/mol. The maximum atomic E-state index is 13.4. The number of methoxy groups -OCH3 is 1. The lowest BCUT2D eigenvalue weighted by Gasteiger charge is -2.18. The molecule has 19 heavy (non-hydrogen) atoms. The first kappa shape index (κ1) is 13.9. The van der Waals surface area contributed by atoms with Gasteiger partial charge in [-0.15, -0.1) is 11.8 Å². The molecule has 0 fully saturated rings. The van der Waals surface area contributed by atoms with Crippen LogP contribution in [0.25, 0.3) is 5.76 Å². The van der Waals surface area contributed by atoms with E-state index in [4.69, 9.17) is 11.6 Å². The minimum atomic E-state index is -1.07. The van der Waals surface area contributed by atoms with Crippen molar-refractivity contribution in [1.82, 2.24) is 0 Å². The molecule has 1 heterocycles. The molecule has 0 atom stereocenters. The Morgan fingerprint density at radius 1 is 1.47 bits per heavy atom. The van der Waals surface area contributed by atoms with E-state index in [0.29, 0.717) is 4.90 Å². The van der Waals surface area contributed by atoms with Gasteiger partial charge in [-0.1, -0.05) is 11.6 Å². The number of thioether (sulfide) groups is 1. The van der Waals surface area contributed by atoms with Gasteiger partial charge in [0.15, 0.2) is 0 Å². The lowest BCUT2D eigenvalue weighted by molar-refractivity contribution is -0.149. The zero-order valence-electron chi connectivity index (χ0n) is 9.70. The molecular formula is C12H8ClFO4S. The van der Waals surface area contributed by atoms with Crippen molar-refractivity contribution >= 4 is 40.9 Å². The number of aliphatic hydroxyl groups excluding tert-OH is 1. The van der Waals surface area contributed by atoms with Crippen LogP contribution in [0.4, 0.5) is 4.39 Å². The number of esters is 1. The van der Waals surface area contributed by atoms with Gasteiger partial charge in [-0.05, 0) is 12.1 Å². The van der Waals surface area contributed by atoms with Gasteiger partial charge >= 0.3 is 5.97 Å². The summed E-state index contributed by atoms with van der Waals surface area (Å²) >= 11 is 6.82. The summed E-state index contributed by atoms with van der Waals surface area (Å²) in [5.41, 5.74) is 0.0384. The van der Waals surface area contributed by atoms with Crippen molar-refractivity contribution in [2.45, 2.75) is 4.90 Å². The molecule has 4 nitrogen and oxygen atoms in total. The second-order valence-electron chi connectivity index (χ2n) is 3.70. The van der Waals surface area contributed by atoms with Crippen molar-refractivity contribution in [1.29, 1.82) is 0 Å². The molecular weight excluding hydrogens is 295 g/mol. The summed E-state index contributed by atoms with van der Waals surface area (Å²) in [6.45, 7) is 0. The fraction of sp³-hybridized carbons (Fsp3) is 0.167. The summed E-state index contributed by atoms with van der Waals surface area (Å²) in [7, 11) is 1.07. The van der Waals surface area contributed by atoms with E-state index < -0.39 is 23.3 Å². The predicted octanol–water partition coefficient (Wildman–Crippen LogP) is 2.60. The van der Waals surface area contributed by atoms with E-state index in [1.165, 1.54) is 17.8 Å². The summed E-state index contributed by atoms with van der Waals surface area (Å²) in [6.07, 6.45) is 0. The van der Waals surface area contributed by atoms with Crippen LogP contribution in [0.5, 0.6) is 0 Å².